The highest BCUT2D eigenvalue weighted by Crippen LogP contribution is 2.30. The first kappa shape index (κ1) is 7.77. The van der Waals surface area contributed by atoms with Crippen LogP contribution in [0.4, 0.5) is 0 Å². The van der Waals surface area contributed by atoms with Crippen molar-refractivity contribution in [1.82, 2.24) is 0 Å². The van der Waals surface area contributed by atoms with Crippen molar-refractivity contribution in [2.24, 2.45) is 10.9 Å². The number of carbonyl (C=O) groups excluding carboxylic acids is 1. The molecule has 12 heavy (non-hydrogen) atoms. The second-order valence-electron chi connectivity index (χ2n) is 3.53. The quantitative estimate of drug-likeness (QED) is 0.513. The summed E-state index contributed by atoms with van der Waals surface area (Å²) < 4.78 is 4.97. The maximum Gasteiger partial charge on any atom is 0.317 e. The molecule has 2 atom stereocenters. The number of aliphatic imine (C=N–C) groups is 1. The maximum absolute atomic E-state index is 11.3. The summed E-state index contributed by atoms with van der Waals surface area (Å²) in [5.74, 6) is 0.540. The minimum atomic E-state index is -0.0628. The number of hydrogen-bond acceptors (Lipinski definition) is 3. The van der Waals surface area contributed by atoms with Crippen molar-refractivity contribution in [2.45, 2.75) is 38.6 Å². The smallest absolute Gasteiger partial charge is 0.317 e. The fraction of sp³-hybridized carbons (Fsp3) is 0.778. The fourth-order valence-electron chi connectivity index (χ4n) is 2.02. The van der Waals surface area contributed by atoms with Crippen LogP contribution in [0.15, 0.2) is 4.99 Å². The lowest BCUT2D eigenvalue weighted by molar-refractivity contribution is -0.143. The summed E-state index contributed by atoms with van der Waals surface area (Å²) in [6.45, 7) is 1.75. The van der Waals surface area contributed by atoms with Crippen molar-refractivity contribution < 1.29 is 9.53 Å². The Kier molecular flexibility index (Phi) is 1.87. The number of nitrogens with zero attached hydrogens (tertiary/aromatic N) is 1. The van der Waals surface area contributed by atoms with E-state index in [-0.39, 0.29) is 17.9 Å². The molecule has 3 heteroatoms. The van der Waals surface area contributed by atoms with Crippen LogP contribution in [0.2, 0.25) is 0 Å². The van der Waals surface area contributed by atoms with Crippen LogP contribution >= 0.6 is 0 Å². The summed E-state index contributed by atoms with van der Waals surface area (Å²) in [5, 5.41) is 0. The third kappa shape index (κ3) is 1.24. The van der Waals surface area contributed by atoms with E-state index in [1.807, 2.05) is 0 Å². The molecule has 0 aromatic heterocycles. The zero-order valence-electron chi connectivity index (χ0n) is 7.25. The number of esters is 1. The molecule has 0 unspecified atom stereocenters. The number of fused-ring (bicyclic) bond motifs is 1. The monoisotopic (exact) mass is 167 g/mol. The first-order valence-electron chi connectivity index (χ1n) is 4.53. The van der Waals surface area contributed by atoms with E-state index in [1.165, 1.54) is 6.42 Å². The molecule has 3 nitrogen and oxygen atoms in total. The Morgan fingerprint density at radius 1 is 1.42 bits per heavy atom. The lowest BCUT2D eigenvalue weighted by Crippen LogP contribution is -2.37. The van der Waals surface area contributed by atoms with Gasteiger partial charge in [-0.2, -0.15) is 0 Å². The van der Waals surface area contributed by atoms with Crippen LogP contribution < -0.4 is 0 Å². The Morgan fingerprint density at radius 2 is 2.17 bits per heavy atom. The lowest BCUT2D eigenvalue weighted by Gasteiger charge is -2.30. The van der Waals surface area contributed by atoms with Crippen molar-refractivity contribution in [2.75, 3.05) is 0 Å². The van der Waals surface area contributed by atoms with Gasteiger partial charge in [-0.15, -0.1) is 0 Å². The summed E-state index contributed by atoms with van der Waals surface area (Å²) in [6.07, 6.45) is 4.35. The Balaban J connectivity index is 2.19. The Morgan fingerprint density at radius 3 is 3.00 bits per heavy atom. The molecule has 1 heterocycles. The summed E-state index contributed by atoms with van der Waals surface area (Å²) in [4.78, 5) is 15.7. The molecule has 0 amide bonds. The van der Waals surface area contributed by atoms with E-state index in [2.05, 4.69) is 4.99 Å². The van der Waals surface area contributed by atoms with E-state index in [4.69, 9.17) is 4.74 Å². The third-order valence-electron chi connectivity index (χ3n) is 2.63. The summed E-state index contributed by atoms with van der Waals surface area (Å²) in [7, 11) is 0. The summed E-state index contributed by atoms with van der Waals surface area (Å²) in [5.41, 5.74) is 0. The molecule has 0 aromatic rings. The van der Waals surface area contributed by atoms with Gasteiger partial charge in [-0.25, -0.2) is 0 Å². The van der Waals surface area contributed by atoms with Crippen LogP contribution in [0.5, 0.6) is 0 Å². The maximum atomic E-state index is 11.3. The topological polar surface area (TPSA) is 38.7 Å². The van der Waals surface area contributed by atoms with Crippen molar-refractivity contribution in [1.29, 1.82) is 0 Å². The second kappa shape index (κ2) is 2.88. The molecular weight excluding hydrogens is 154 g/mol. The van der Waals surface area contributed by atoms with Crippen molar-refractivity contribution in [3.63, 3.8) is 0 Å². The van der Waals surface area contributed by atoms with Gasteiger partial charge in [-0.3, -0.25) is 9.79 Å². The molecule has 1 aliphatic heterocycles. The fourth-order valence-corrected chi connectivity index (χ4v) is 2.02. The Hall–Kier alpha value is -0.860. The van der Waals surface area contributed by atoms with Gasteiger partial charge in [0.15, 0.2) is 5.90 Å². The van der Waals surface area contributed by atoms with Crippen molar-refractivity contribution >= 4 is 11.9 Å². The van der Waals surface area contributed by atoms with E-state index in [0.717, 1.165) is 19.3 Å². The number of carbonyl (C=O) groups is 1. The van der Waals surface area contributed by atoms with Gasteiger partial charge in [0.25, 0.3) is 0 Å². The van der Waals surface area contributed by atoms with Gasteiger partial charge in [0.1, 0.15) is 0 Å². The van der Waals surface area contributed by atoms with Crippen molar-refractivity contribution in [3.8, 4) is 0 Å². The minimum Gasteiger partial charge on any atom is -0.412 e. The van der Waals surface area contributed by atoms with Crippen LogP contribution in [0.3, 0.4) is 0 Å². The molecule has 2 aliphatic rings. The second-order valence-corrected chi connectivity index (χ2v) is 3.53. The third-order valence-corrected chi connectivity index (χ3v) is 2.63. The lowest BCUT2D eigenvalue weighted by atomic mass is 9.84. The Labute approximate surface area is 71.8 Å². The van der Waals surface area contributed by atoms with Crippen LogP contribution in [0.25, 0.3) is 0 Å². The van der Waals surface area contributed by atoms with Crippen LogP contribution in [0, 0.1) is 5.92 Å². The highest BCUT2D eigenvalue weighted by molar-refractivity contribution is 5.91. The number of rotatable bonds is 0. The highest BCUT2D eigenvalue weighted by atomic mass is 16.5. The average molecular weight is 167 g/mol. The molecule has 1 aliphatic carbocycles. The van der Waals surface area contributed by atoms with Crippen LogP contribution in [0.1, 0.15) is 32.6 Å². The van der Waals surface area contributed by atoms with E-state index >= 15 is 0 Å². The molecule has 0 N–H and O–H groups in total. The number of ether oxygens (including phenoxy) is 1. The molecule has 0 saturated heterocycles. The summed E-state index contributed by atoms with van der Waals surface area (Å²) >= 11 is 0. The molecule has 0 bridgehead atoms. The van der Waals surface area contributed by atoms with E-state index < -0.39 is 0 Å². The zero-order chi connectivity index (χ0) is 8.55. The largest absolute Gasteiger partial charge is 0.412 e. The van der Waals surface area contributed by atoms with Gasteiger partial charge in [0.2, 0.25) is 0 Å². The molecule has 2 rings (SSSR count). The van der Waals surface area contributed by atoms with Gasteiger partial charge < -0.3 is 4.74 Å². The molecule has 1 fully saturated rings. The van der Waals surface area contributed by atoms with Gasteiger partial charge >= 0.3 is 5.97 Å². The Bertz CT molecular complexity index is 235. The predicted molar refractivity (Wildman–Crippen MR) is 44.9 cm³/mol. The van der Waals surface area contributed by atoms with E-state index in [9.17, 15) is 4.79 Å². The van der Waals surface area contributed by atoms with Gasteiger partial charge in [0.05, 0.1) is 12.0 Å². The van der Waals surface area contributed by atoms with Gasteiger partial charge in [0, 0.05) is 6.92 Å². The molecule has 0 radical (unpaired) electrons. The first-order chi connectivity index (χ1) is 5.77. The van der Waals surface area contributed by atoms with E-state index in [0.29, 0.717) is 5.90 Å². The summed E-state index contributed by atoms with van der Waals surface area (Å²) in [6, 6.07) is 0.222. The van der Waals surface area contributed by atoms with Crippen LogP contribution in [-0.2, 0) is 9.53 Å². The van der Waals surface area contributed by atoms with Crippen molar-refractivity contribution in [3.05, 3.63) is 0 Å². The SMILES string of the molecule is CC1=N[C@H]2CCCC[C@@H]2C(=O)O1. The molecule has 0 aromatic carbocycles. The number of hydrogen-bond donors (Lipinski definition) is 0. The average Bonchev–Trinajstić information content (AvgIpc) is 2.04. The zero-order valence-corrected chi connectivity index (χ0v) is 7.25. The first-order valence-corrected chi connectivity index (χ1v) is 4.53. The molecular formula is C9H13NO2. The van der Waals surface area contributed by atoms with E-state index in [1.54, 1.807) is 6.92 Å². The molecule has 0 spiro atoms. The van der Waals surface area contributed by atoms with Gasteiger partial charge in [-0.05, 0) is 12.8 Å². The minimum absolute atomic E-state index is 0.0578. The molecule has 66 valence electrons. The normalized spacial score (nSPS) is 35.1. The standard InChI is InChI=1S/C9H13NO2/c1-6-10-8-5-3-2-4-7(8)9(11)12-6/h7-8H,2-5H2,1H3/t7-,8-/m0/s1. The van der Waals surface area contributed by atoms with Gasteiger partial charge in [-0.1, -0.05) is 12.8 Å². The highest BCUT2D eigenvalue weighted by Gasteiger charge is 2.35. The van der Waals surface area contributed by atoms with Crippen LogP contribution in [-0.4, -0.2) is 17.9 Å². The predicted octanol–water partition coefficient (Wildman–Crippen LogP) is 1.52. The number of cyclic esters (lactones) is 1. The molecule has 1 saturated carbocycles.